The van der Waals surface area contributed by atoms with E-state index in [1.54, 1.807) is 19.1 Å². The Hall–Kier alpha value is -1.70. The Balaban J connectivity index is 1.92. The standard InChI is InChI=1S/C20H23BrN2O3S/c1-4-26-20(25)17-15-9-10-23(12(2)3)11-16(15)27-19(17)22-18(24)13-5-7-14(21)8-6-13/h5-8,12H,4,9-11H2,1-3H3,(H,22,24). The van der Waals surface area contributed by atoms with Gasteiger partial charge in [0, 0.05) is 34.0 Å². The summed E-state index contributed by atoms with van der Waals surface area (Å²) in [4.78, 5) is 28.7. The third kappa shape index (κ3) is 4.42. The molecule has 1 amide bonds. The van der Waals surface area contributed by atoms with Crippen LogP contribution >= 0.6 is 27.3 Å². The number of nitrogens with zero attached hydrogens (tertiary/aromatic N) is 1. The Morgan fingerprint density at radius 2 is 2.00 bits per heavy atom. The van der Waals surface area contributed by atoms with Crippen LogP contribution in [-0.4, -0.2) is 36.0 Å². The summed E-state index contributed by atoms with van der Waals surface area (Å²) in [5.41, 5.74) is 2.08. The van der Waals surface area contributed by atoms with Gasteiger partial charge in [-0.1, -0.05) is 15.9 Å². The van der Waals surface area contributed by atoms with Gasteiger partial charge < -0.3 is 10.1 Å². The molecule has 0 radical (unpaired) electrons. The first-order valence-corrected chi connectivity index (χ1v) is 10.6. The Morgan fingerprint density at radius 1 is 1.30 bits per heavy atom. The lowest BCUT2D eigenvalue weighted by atomic mass is 10.0. The summed E-state index contributed by atoms with van der Waals surface area (Å²) in [6, 6.07) is 7.57. The van der Waals surface area contributed by atoms with Gasteiger partial charge in [-0.3, -0.25) is 9.69 Å². The van der Waals surface area contributed by atoms with E-state index < -0.39 is 0 Å². The first kappa shape index (κ1) is 20.0. The van der Waals surface area contributed by atoms with Crippen molar-refractivity contribution >= 4 is 44.1 Å². The highest BCUT2D eigenvalue weighted by atomic mass is 79.9. The molecular formula is C20H23BrN2O3S. The highest BCUT2D eigenvalue weighted by Crippen LogP contribution is 2.38. The molecule has 1 N–H and O–H groups in total. The summed E-state index contributed by atoms with van der Waals surface area (Å²) in [6.45, 7) is 8.12. The van der Waals surface area contributed by atoms with Gasteiger partial charge in [-0.25, -0.2) is 4.79 Å². The number of anilines is 1. The molecule has 1 aromatic heterocycles. The molecule has 0 saturated heterocycles. The van der Waals surface area contributed by atoms with Gasteiger partial charge in [-0.2, -0.15) is 0 Å². The molecule has 2 heterocycles. The predicted octanol–water partition coefficient (Wildman–Crippen LogP) is 4.71. The zero-order chi connectivity index (χ0) is 19.6. The summed E-state index contributed by atoms with van der Waals surface area (Å²) in [6.07, 6.45) is 0.784. The second-order valence-electron chi connectivity index (χ2n) is 6.70. The molecule has 0 aliphatic carbocycles. The zero-order valence-electron chi connectivity index (χ0n) is 15.7. The number of carbonyl (C=O) groups is 2. The normalized spacial score (nSPS) is 14.1. The third-order valence-corrected chi connectivity index (χ3v) is 6.29. The van der Waals surface area contributed by atoms with Crippen LogP contribution in [0.2, 0.25) is 0 Å². The number of rotatable bonds is 5. The highest BCUT2D eigenvalue weighted by molar-refractivity contribution is 9.10. The number of ether oxygens (including phenoxy) is 1. The maximum atomic E-state index is 12.7. The number of fused-ring (bicyclic) bond motifs is 1. The van der Waals surface area contributed by atoms with Crippen LogP contribution in [0.15, 0.2) is 28.7 Å². The topological polar surface area (TPSA) is 58.6 Å². The number of halogens is 1. The van der Waals surface area contributed by atoms with Crippen LogP contribution in [0.5, 0.6) is 0 Å². The molecule has 0 atom stereocenters. The highest BCUT2D eigenvalue weighted by Gasteiger charge is 2.30. The van der Waals surface area contributed by atoms with Gasteiger partial charge in [0.05, 0.1) is 12.2 Å². The Labute approximate surface area is 171 Å². The van der Waals surface area contributed by atoms with Crippen molar-refractivity contribution in [2.45, 2.75) is 39.8 Å². The van der Waals surface area contributed by atoms with Crippen molar-refractivity contribution in [3.8, 4) is 0 Å². The first-order valence-electron chi connectivity index (χ1n) is 9.03. The second kappa shape index (κ2) is 8.54. The van der Waals surface area contributed by atoms with E-state index in [0.29, 0.717) is 28.8 Å². The number of hydrogen-bond acceptors (Lipinski definition) is 5. The van der Waals surface area contributed by atoms with E-state index in [4.69, 9.17) is 4.74 Å². The smallest absolute Gasteiger partial charge is 0.341 e. The molecule has 0 saturated carbocycles. The molecular weight excluding hydrogens is 428 g/mol. The quantitative estimate of drug-likeness (QED) is 0.670. The zero-order valence-corrected chi connectivity index (χ0v) is 18.1. The van der Waals surface area contributed by atoms with Gasteiger partial charge in [-0.15, -0.1) is 11.3 Å². The second-order valence-corrected chi connectivity index (χ2v) is 8.72. The minimum atomic E-state index is -0.362. The van der Waals surface area contributed by atoms with Crippen LogP contribution in [0.4, 0.5) is 5.00 Å². The molecule has 0 bridgehead atoms. The lowest BCUT2D eigenvalue weighted by molar-refractivity contribution is 0.0526. The van der Waals surface area contributed by atoms with E-state index >= 15 is 0 Å². The van der Waals surface area contributed by atoms with E-state index in [9.17, 15) is 9.59 Å². The molecule has 0 spiro atoms. The van der Waals surface area contributed by atoms with Crippen LogP contribution in [0.25, 0.3) is 0 Å². The van der Waals surface area contributed by atoms with Gasteiger partial charge in [0.1, 0.15) is 5.00 Å². The van der Waals surface area contributed by atoms with Crippen molar-refractivity contribution in [3.05, 3.63) is 50.3 Å². The van der Waals surface area contributed by atoms with Crippen molar-refractivity contribution in [3.63, 3.8) is 0 Å². The van der Waals surface area contributed by atoms with E-state index in [2.05, 4.69) is 40.0 Å². The molecule has 144 valence electrons. The fraction of sp³-hybridized carbons (Fsp3) is 0.400. The van der Waals surface area contributed by atoms with Crippen molar-refractivity contribution in [2.24, 2.45) is 0 Å². The van der Waals surface area contributed by atoms with Crippen LogP contribution < -0.4 is 5.32 Å². The first-order chi connectivity index (χ1) is 12.9. The molecule has 27 heavy (non-hydrogen) atoms. The molecule has 7 heteroatoms. The van der Waals surface area contributed by atoms with Crippen LogP contribution in [0.1, 0.15) is 51.9 Å². The lowest BCUT2D eigenvalue weighted by Gasteiger charge is -2.30. The van der Waals surface area contributed by atoms with Gasteiger partial charge in [0.25, 0.3) is 5.91 Å². The molecule has 5 nitrogen and oxygen atoms in total. The van der Waals surface area contributed by atoms with E-state index in [-0.39, 0.29) is 11.9 Å². The Bertz CT molecular complexity index is 846. The molecule has 2 aromatic rings. The van der Waals surface area contributed by atoms with E-state index in [1.165, 1.54) is 11.3 Å². The average molecular weight is 451 g/mol. The number of thiophene rings is 1. The van der Waals surface area contributed by atoms with Gasteiger partial charge in [0.15, 0.2) is 0 Å². The van der Waals surface area contributed by atoms with Crippen molar-refractivity contribution in [2.75, 3.05) is 18.5 Å². The maximum Gasteiger partial charge on any atom is 0.341 e. The maximum absolute atomic E-state index is 12.7. The minimum Gasteiger partial charge on any atom is -0.462 e. The number of esters is 1. The van der Waals surface area contributed by atoms with E-state index in [0.717, 1.165) is 34.4 Å². The lowest BCUT2D eigenvalue weighted by Crippen LogP contribution is -2.35. The summed E-state index contributed by atoms with van der Waals surface area (Å²) in [7, 11) is 0. The Morgan fingerprint density at radius 3 is 2.63 bits per heavy atom. The van der Waals surface area contributed by atoms with Crippen LogP contribution in [-0.2, 0) is 17.7 Å². The van der Waals surface area contributed by atoms with Gasteiger partial charge in [0.2, 0.25) is 0 Å². The molecule has 1 aliphatic heterocycles. The van der Waals surface area contributed by atoms with Gasteiger partial charge in [-0.05, 0) is 57.0 Å². The van der Waals surface area contributed by atoms with Gasteiger partial charge >= 0.3 is 5.97 Å². The minimum absolute atomic E-state index is 0.229. The SMILES string of the molecule is CCOC(=O)c1c(NC(=O)c2ccc(Br)cc2)sc2c1CCN(C(C)C)C2. The molecule has 3 rings (SSSR count). The summed E-state index contributed by atoms with van der Waals surface area (Å²) < 4.78 is 6.18. The summed E-state index contributed by atoms with van der Waals surface area (Å²) >= 11 is 4.85. The number of hydrogen-bond donors (Lipinski definition) is 1. The molecule has 0 unspecified atom stereocenters. The fourth-order valence-electron chi connectivity index (χ4n) is 3.15. The van der Waals surface area contributed by atoms with Crippen LogP contribution in [0.3, 0.4) is 0 Å². The average Bonchev–Trinajstić information content (AvgIpc) is 2.99. The van der Waals surface area contributed by atoms with Crippen molar-refractivity contribution < 1.29 is 14.3 Å². The third-order valence-electron chi connectivity index (χ3n) is 4.63. The largest absolute Gasteiger partial charge is 0.462 e. The molecule has 1 aromatic carbocycles. The Kier molecular flexibility index (Phi) is 6.34. The van der Waals surface area contributed by atoms with E-state index in [1.807, 2.05) is 12.1 Å². The predicted molar refractivity (Wildman–Crippen MR) is 112 cm³/mol. The van der Waals surface area contributed by atoms with Crippen molar-refractivity contribution in [1.82, 2.24) is 4.90 Å². The fourth-order valence-corrected chi connectivity index (χ4v) is 4.67. The number of amides is 1. The molecule has 0 fully saturated rings. The number of benzene rings is 1. The summed E-state index contributed by atoms with van der Waals surface area (Å²) in [5.74, 6) is -0.591. The molecule has 1 aliphatic rings. The number of nitrogens with one attached hydrogen (secondary N) is 1. The summed E-state index contributed by atoms with van der Waals surface area (Å²) in [5, 5.41) is 3.51. The number of carbonyl (C=O) groups excluding carboxylic acids is 2. The van der Waals surface area contributed by atoms with Crippen molar-refractivity contribution in [1.29, 1.82) is 0 Å². The van der Waals surface area contributed by atoms with Crippen LogP contribution in [0, 0.1) is 0 Å². The monoisotopic (exact) mass is 450 g/mol.